The molecule has 5 nitrogen and oxygen atoms in total. The summed E-state index contributed by atoms with van der Waals surface area (Å²) in [7, 11) is 0. The Hall–Kier alpha value is -2.40. The normalized spacial score (nSPS) is 14.5. The number of hydrogen-bond donors (Lipinski definition) is 0. The van der Waals surface area contributed by atoms with Gasteiger partial charge >= 0.3 is 0 Å². The fourth-order valence-corrected chi connectivity index (χ4v) is 2.59. The Bertz CT molecular complexity index is 724. The molecule has 0 aliphatic carbocycles. The van der Waals surface area contributed by atoms with Crippen molar-refractivity contribution in [3.63, 3.8) is 0 Å². The maximum absolute atomic E-state index is 5.91. The molecule has 0 unspecified atom stereocenters. The summed E-state index contributed by atoms with van der Waals surface area (Å²) in [5, 5.41) is 0. The predicted octanol–water partition coefficient (Wildman–Crippen LogP) is 3.23. The number of rotatable bonds is 5. The van der Waals surface area contributed by atoms with Crippen molar-refractivity contribution < 1.29 is 9.47 Å². The Morgan fingerprint density at radius 3 is 2.71 bits per heavy atom. The number of para-hydroxylation sites is 1. The fraction of sp³-hybridized carbons (Fsp3) is 0.368. The van der Waals surface area contributed by atoms with E-state index in [9.17, 15) is 0 Å². The molecule has 2 heterocycles. The third kappa shape index (κ3) is 3.74. The van der Waals surface area contributed by atoms with E-state index in [0.29, 0.717) is 11.6 Å². The number of aryl methyl sites for hydroxylation is 2. The minimum atomic E-state index is 0.467. The number of aromatic nitrogens is 2. The summed E-state index contributed by atoms with van der Waals surface area (Å²) in [4.78, 5) is 11.5. The highest BCUT2D eigenvalue weighted by Crippen LogP contribution is 2.23. The number of anilines is 1. The number of nitrogens with zero attached hydrogens (tertiary/aromatic N) is 3. The van der Waals surface area contributed by atoms with E-state index in [1.54, 1.807) is 0 Å². The number of benzene rings is 1. The molecule has 0 saturated carbocycles. The van der Waals surface area contributed by atoms with Gasteiger partial charge < -0.3 is 14.4 Å². The van der Waals surface area contributed by atoms with Crippen LogP contribution in [0.15, 0.2) is 36.9 Å². The van der Waals surface area contributed by atoms with E-state index in [-0.39, 0.29) is 0 Å². The van der Waals surface area contributed by atoms with Crippen molar-refractivity contribution in [1.82, 2.24) is 9.97 Å². The van der Waals surface area contributed by atoms with E-state index in [1.165, 1.54) is 0 Å². The standard InChI is InChI=1S/C19H23N3O2/c1-4-16-13-18(22-9-11-23-12-10-22)21-19(20-16)15(3)24-17-8-6-5-7-14(17)2/h5-8,13H,3-4,9-12H2,1-2H3. The van der Waals surface area contributed by atoms with Gasteiger partial charge in [-0.2, -0.15) is 0 Å². The molecule has 5 heteroatoms. The number of morpholine rings is 1. The Morgan fingerprint density at radius 2 is 2.00 bits per heavy atom. The van der Waals surface area contributed by atoms with Crippen LogP contribution in [0.1, 0.15) is 24.0 Å². The van der Waals surface area contributed by atoms with Crippen molar-refractivity contribution in [3.8, 4) is 5.75 Å². The van der Waals surface area contributed by atoms with Crippen molar-refractivity contribution in [2.24, 2.45) is 0 Å². The van der Waals surface area contributed by atoms with Crippen molar-refractivity contribution in [3.05, 3.63) is 54.0 Å². The molecule has 0 N–H and O–H groups in total. The van der Waals surface area contributed by atoms with Crippen LogP contribution in [-0.2, 0) is 11.2 Å². The van der Waals surface area contributed by atoms with Gasteiger partial charge in [0.15, 0.2) is 11.6 Å². The van der Waals surface area contributed by atoms with E-state index < -0.39 is 0 Å². The van der Waals surface area contributed by atoms with Crippen molar-refractivity contribution in [1.29, 1.82) is 0 Å². The summed E-state index contributed by atoms with van der Waals surface area (Å²) in [6.45, 7) is 11.2. The zero-order valence-electron chi connectivity index (χ0n) is 14.3. The third-order valence-electron chi connectivity index (χ3n) is 4.04. The molecule has 0 spiro atoms. The first-order valence-corrected chi connectivity index (χ1v) is 8.31. The van der Waals surface area contributed by atoms with Gasteiger partial charge in [-0.1, -0.05) is 31.7 Å². The Kier molecular flexibility index (Phi) is 5.11. The lowest BCUT2D eigenvalue weighted by Crippen LogP contribution is -2.37. The molecule has 3 rings (SSSR count). The van der Waals surface area contributed by atoms with Gasteiger partial charge in [0.05, 0.1) is 13.2 Å². The second-order valence-electron chi connectivity index (χ2n) is 5.78. The molecule has 0 atom stereocenters. The zero-order valence-corrected chi connectivity index (χ0v) is 14.3. The van der Waals surface area contributed by atoms with Crippen LogP contribution in [0.3, 0.4) is 0 Å². The molecule has 1 fully saturated rings. The average molecular weight is 325 g/mol. The smallest absolute Gasteiger partial charge is 0.197 e. The van der Waals surface area contributed by atoms with E-state index in [2.05, 4.69) is 28.4 Å². The lowest BCUT2D eigenvalue weighted by molar-refractivity contribution is 0.122. The van der Waals surface area contributed by atoms with E-state index in [0.717, 1.165) is 55.5 Å². The summed E-state index contributed by atoms with van der Waals surface area (Å²) in [5.41, 5.74) is 2.04. The SMILES string of the molecule is C=C(Oc1ccccc1C)c1nc(CC)cc(N2CCOCC2)n1. The second-order valence-corrected chi connectivity index (χ2v) is 5.78. The summed E-state index contributed by atoms with van der Waals surface area (Å²) >= 11 is 0. The van der Waals surface area contributed by atoms with Gasteiger partial charge in [0.2, 0.25) is 0 Å². The average Bonchev–Trinajstić information content (AvgIpc) is 2.64. The van der Waals surface area contributed by atoms with Crippen LogP contribution < -0.4 is 9.64 Å². The minimum Gasteiger partial charge on any atom is -0.454 e. The highest BCUT2D eigenvalue weighted by molar-refractivity contribution is 5.57. The summed E-state index contributed by atoms with van der Waals surface area (Å²) in [5.74, 6) is 2.70. The van der Waals surface area contributed by atoms with Crippen LogP contribution in [0.2, 0.25) is 0 Å². The summed E-state index contributed by atoms with van der Waals surface area (Å²) < 4.78 is 11.3. The molecule has 126 valence electrons. The van der Waals surface area contributed by atoms with Crippen LogP contribution in [0.4, 0.5) is 5.82 Å². The zero-order chi connectivity index (χ0) is 16.9. The van der Waals surface area contributed by atoms with Crippen LogP contribution in [-0.4, -0.2) is 36.3 Å². The first-order valence-electron chi connectivity index (χ1n) is 8.31. The van der Waals surface area contributed by atoms with Crippen LogP contribution in [0.5, 0.6) is 5.75 Å². The van der Waals surface area contributed by atoms with Gasteiger partial charge in [-0.3, -0.25) is 0 Å². The Balaban J connectivity index is 1.86. The van der Waals surface area contributed by atoms with Gasteiger partial charge in [0, 0.05) is 24.8 Å². The van der Waals surface area contributed by atoms with Gasteiger partial charge in [0.1, 0.15) is 11.6 Å². The molecular formula is C19H23N3O2. The molecule has 1 aromatic heterocycles. The Labute approximate surface area is 143 Å². The molecule has 0 bridgehead atoms. The fourth-order valence-electron chi connectivity index (χ4n) is 2.59. The van der Waals surface area contributed by atoms with Gasteiger partial charge in [-0.15, -0.1) is 0 Å². The third-order valence-corrected chi connectivity index (χ3v) is 4.04. The number of ether oxygens (including phenoxy) is 2. The topological polar surface area (TPSA) is 47.5 Å². The lowest BCUT2D eigenvalue weighted by Gasteiger charge is -2.28. The molecule has 1 aliphatic rings. The van der Waals surface area contributed by atoms with Gasteiger partial charge in [-0.25, -0.2) is 9.97 Å². The maximum atomic E-state index is 5.91. The Morgan fingerprint density at radius 1 is 1.25 bits per heavy atom. The van der Waals surface area contributed by atoms with E-state index >= 15 is 0 Å². The van der Waals surface area contributed by atoms with E-state index in [4.69, 9.17) is 9.47 Å². The molecular weight excluding hydrogens is 302 g/mol. The van der Waals surface area contributed by atoms with Crippen LogP contribution in [0, 0.1) is 6.92 Å². The molecule has 0 radical (unpaired) electrons. The monoisotopic (exact) mass is 325 g/mol. The van der Waals surface area contributed by atoms with Crippen molar-refractivity contribution in [2.45, 2.75) is 20.3 Å². The summed E-state index contributed by atoms with van der Waals surface area (Å²) in [6.07, 6.45) is 0.838. The minimum absolute atomic E-state index is 0.467. The quantitative estimate of drug-likeness (QED) is 0.790. The molecule has 24 heavy (non-hydrogen) atoms. The van der Waals surface area contributed by atoms with Crippen LogP contribution >= 0.6 is 0 Å². The van der Waals surface area contributed by atoms with Gasteiger partial charge in [-0.05, 0) is 25.0 Å². The predicted molar refractivity (Wildman–Crippen MR) is 95.3 cm³/mol. The van der Waals surface area contributed by atoms with Crippen molar-refractivity contribution in [2.75, 3.05) is 31.2 Å². The molecule has 0 amide bonds. The van der Waals surface area contributed by atoms with Crippen molar-refractivity contribution >= 4 is 11.6 Å². The van der Waals surface area contributed by atoms with Crippen LogP contribution in [0.25, 0.3) is 5.76 Å². The maximum Gasteiger partial charge on any atom is 0.197 e. The molecule has 1 aliphatic heterocycles. The first-order chi connectivity index (χ1) is 11.7. The first kappa shape index (κ1) is 16.5. The molecule has 2 aromatic rings. The van der Waals surface area contributed by atoms with Gasteiger partial charge in [0.25, 0.3) is 0 Å². The largest absolute Gasteiger partial charge is 0.454 e. The highest BCUT2D eigenvalue weighted by atomic mass is 16.5. The van der Waals surface area contributed by atoms with E-state index in [1.807, 2.05) is 37.3 Å². The molecule has 1 aromatic carbocycles. The highest BCUT2D eigenvalue weighted by Gasteiger charge is 2.16. The number of hydrogen-bond acceptors (Lipinski definition) is 5. The second kappa shape index (κ2) is 7.45. The lowest BCUT2D eigenvalue weighted by atomic mass is 10.2. The summed E-state index contributed by atoms with van der Waals surface area (Å²) in [6, 6.07) is 9.89. The molecule has 1 saturated heterocycles.